The summed E-state index contributed by atoms with van der Waals surface area (Å²) in [6, 6.07) is 9.67. The molecule has 0 radical (unpaired) electrons. The molecule has 20 heavy (non-hydrogen) atoms. The Kier molecular flexibility index (Phi) is 7.41. The zero-order chi connectivity index (χ0) is 14.8. The summed E-state index contributed by atoms with van der Waals surface area (Å²) in [5.41, 5.74) is 2.06. The lowest BCUT2D eigenvalue weighted by atomic mass is 10.0. The fraction of sp³-hybridized carbons (Fsp3) is 0.389. The van der Waals surface area contributed by atoms with Gasteiger partial charge in [0.15, 0.2) is 0 Å². The topological polar surface area (TPSA) is 26.3 Å². The Morgan fingerprint density at radius 2 is 2.05 bits per heavy atom. The van der Waals surface area contributed by atoms with E-state index in [1.54, 1.807) is 0 Å². The summed E-state index contributed by atoms with van der Waals surface area (Å²) >= 11 is 0. The van der Waals surface area contributed by atoms with E-state index >= 15 is 0 Å². The molecule has 0 aliphatic carbocycles. The first-order valence-electron chi connectivity index (χ1n) is 7.11. The van der Waals surface area contributed by atoms with Gasteiger partial charge in [0.25, 0.3) is 0 Å². The highest BCUT2D eigenvalue weighted by atomic mass is 16.5. The molecule has 0 N–H and O–H groups in total. The smallest absolute Gasteiger partial charge is 0.310 e. The Bertz CT molecular complexity index is 446. The van der Waals surface area contributed by atoms with E-state index in [1.807, 2.05) is 43.3 Å². The van der Waals surface area contributed by atoms with Crippen molar-refractivity contribution in [1.82, 2.24) is 0 Å². The lowest BCUT2D eigenvalue weighted by Crippen LogP contribution is -2.09. The number of carbonyl (C=O) groups is 1. The maximum atomic E-state index is 11.6. The molecule has 2 heteroatoms. The Hall–Kier alpha value is -1.83. The summed E-state index contributed by atoms with van der Waals surface area (Å²) in [4.78, 5) is 11.6. The van der Waals surface area contributed by atoms with Crippen molar-refractivity contribution >= 4 is 5.97 Å². The highest BCUT2D eigenvalue weighted by Gasteiger charge is 2.04. The summed E-state index contributed by atoms with van der Waals surface area (Å²) in [5.74, 6) is 0.334. The Morgan fingerprint density at radius 1 is 1.35 bits per heavy atom. The highest BCUT2D eigenvalue weighted by Crippen LogP contribution is 2.09. The number of carbonyl (C=O) groups excluding carboxylic acids is 1. The quantitative estimate of drug-likeness (QED) is 0.400. The van der Waals surface area contributed by atoms with Crippen LogP contribution in [0.2, 0.25) is 0 Å². The molecule has 0 spiro atoms. The number of hydrogen-bond acceptors (Lipinski definition) is 2. The van der Waals surface area contributed by atoms with Crippen LogP contribution in [0.5, 0.6) is 0 Å². The van der Waals surface area contributed by atoms with Gasteiger partial charge in [-0.2, -0.15) is 0 Å². The summed E-state index contributed by atoms with van der Waals surface area (Å²) in [7, 11) is 0. The summed E-state index contributed by atoms with van der Waals surface area (Å²) in [6.07, 6.45) is 6.44. The zero-order valence-electron chi connectivity index (χ0n) is 12.5. The molecule has 1 aromatic rings. The van der Waals surface area contributed by atoms with E-state index in [9.17, 15) is 4.79 Å². The van der Waals surface area contributed by atoms with Crippen LogP contribution >= 0.6 is 0 Å². The number of hydrogen-bond donors (Lipinski definition) is 0. The summed E-state index contributed by atoms with van der Waals surface area (Å²) < 4.78 is 5.24. The average molecular weight is 272 g/mol. The Balaban J connectivity index is 2.15. The first-order valence-corrected chi connectivity index (χ1v) is 7.11. The minimum atomic E-state index is -0.152. The largest absolute Gasteiger partial charge is 0.465 e. The van der Waals surface area contributed by atoms with E-state index in [4.69, 9.17) is 4.74 Å². The maximum Gasteiger partial charge on any atom is 0.310 e. The first-order chi connectivity index (χ1) is 9.58. The fourth-order valence-electron chi connectivity index (χ4n) is 1.83. The highest BCUT2D eigenvalue weighted by molar-refractivity contribution is 5.72. The fourth-order valence-corrected chi connectivity index (χ4v) is 1.83. The van der Waals surface area contributed by atoms with Crippen LogP contribution in [-0.4, -0.2) is 12.6 Å². The van der Waals surface area contributed by atoms with Crippen molar-refractivity contribution in [2.45, 2.75) is 33.1 Å². The lowest BCUT2D eigenvalue weighted by Gasteiger charge is -2.07. The van der Waals surface area contributed by atoms with Crippen LogP contribution in [0.15, 0.2) is 54.6 Å². The number of allylic oxidation sites excluding steroid dienone is 3. The van der Waals surface area contributed by atoms with E-state index < -0.39 is 0 Å². The maximum absolute atomic E-state index is 11.6. The van der Waals surface area contributed by atoms with Gasteiger partial charge in [0.05, 0.1) is 13.0 Å². The van der Waals surface area contributed by atoms with Gasteiger partial charge >= 0.3 is 5.97 Å². The van der Waals surface area contributed by atoms with Crippen molar-refractivity contribution in [1.29, 1.82) is 0 Å². The minimum Gasteiger partial charge on any atom is -0.465 e. The number of rotatable bonds is 8. The molecule has 0 fully saturated rings. The predicted octanol–water partition coefficient (Wildman–Crippen LogP) is 4.32. The van der Waals surface area contributed by atoms with Crippen LogP contribution in [-0.2, 0) is 16.0 Å². The molecule has 1 rings (SSSR count). The van der Waals surface area contributed by atoms with E-state index in [1.165, 1.54) is 0 Å². The molecular weight excluding hydrogens is 248 g/mol. The van der Waals surface area contributed by atoms with E-state index in [-0.39, 0.29) is 5.97 Å². The van der Waals surface area contributed by atoms with Crippen LogP contribution in [0.4, 0.5) is 0 Å². The summed E-state index contributed by atoms with van der Waals surface area (Å²) in [6.45, 7) is 8.47. The van der Waals surface area contributed by atoms with Crippen molar-refractivity contribution in [3.63, 3.8) is 0 Å². The van der Waals surface area contributed by atoms with Gasteiger partial charge in [-0.15, -0.1) is 0 Å². The molecule has 0 bridgehead atoms. The average Bonchev–Trinajstić information content (AvgIpc) is 2.42. The van der Waals surface area contributed by atoms with E-state index in [0.29, 0.717) is 18.9 Å². The van der Waals surface area contributed by atoms with Gasteiger partial charge in [-0.25, -0.2) is 0 Å². The van der Waals surface area contributed by atoms with Crippen LogP contribution in [0.25, 0.3) is 0 Å². The van der Waals surface area contributed by atoms with Crippen molar-refractivity contribution in [2.24, 2.45) is 5.92 Å². The van der Waals surface area contributed by atoms with Gasteiger partial charge < -0.3 is 4.74 Å². The molecule has 2 nitrogen and oxygen atoms in total. The second-order valence-corrected chi connectivity index (χ2v) is 5.21. The SMILES string of the molecule is C=C(C)/C=C/C(C)CCCOC(=O)Cc1ccccc1. The summed E-state index contributed by atoms with van der Waals surface area (Å²) in [5, 5.41) is 0. The van der Waals surface area contributed by atoms with Crippen molar-refractivity contribution in [3.8, 4) is 0 Å². The van der Waals surface area contributed by atoms with Gasteiger partial charge in [-0.3, -0.25) is 4.79 Å². The number of benzene rings is 1. The molecule has 108 valence electrons. The third-order valence-electron chi connectivity index (χ3n) is 2.97. The van der Waals surface area contributed by atoms with Crippen LogP contribution in [0.1, 0.15) is 32.3 Å². The van der Waals surface area contributed by atoms with Crippen LogP contribution in [0, 0.1) is 5.92 Å². The third kappa shape index (κ3) is 7.57. The molecule has 0 aliphatic heterocycles. The number of esters is 1. The van der Waals surface area contributed by atoms with Gasteiger partial charge in [-0.05, 0) is 31.2 Å². The lowest BCUT2D eigenvalue weighted by molar-refractivity contribution is -0.143. The molecule has 1 unspecified atom stereocenters. The molecule has 0 amide bonds. The Morgan fingerprint density at radius 3 is 2.70 bits per heavy atom. The van der Waals surface area contributed by atoms with E-state index in [2.05, 4.69) is 19.6 Å². The van der Waals surface area contributed by atoms with Crippen LogP contribution in [0.3, 0.4) is 0 Å². The third-order valence-corrected chi connectivity index (χ3v) is 2.97. The van der Waals surface area contributed by atoms with Crippen molar-refractivity contribution in [3.05, 3.63) is 60.2 Å². The Labute approximate surface area is 122 Å². The monoisotopic (exact) mass is 272 g/mol. The predicted molar refractivity (Wildman–Crippen MR) is 83.5 cm³/mol. The second-order valence-electron chi connectivity index (χ2n) is 5.21. The second kappa shape index (κ2) is 9.13. The van der Waals surface area contributed by atoms with Crippen LogP contribution < -0.4 is 0 Å². The zero-order valence-corrected chi connectivity index (χ0v) is 12.5. The molecule has 0 aromatic heterocycles. The van der Waals surface area contributed by atoms with Gasteiger partial charge in [0, 0.05) is 0 Å². The van der Waals surface area contributed by atoms with Gasteiger partial charge in [0.1, 0.15) is 0 Å². The normalized spacial score (nSPS) is 12.3. The van der Waals surface area contributed by atoms with Crippen molar-refractivity contribution < 1.29 is 9.53 Å². The number of ether oxygens (including phenoxy) is 1. The van der Waals surface area contributed by atoms with Gasteiger partial charge in [0.2, 0.25) is 0 Å². The molecular formula is C18H24O2. The van der Waals surface area contributed by atoms with Gasteiger partial charge in [-0.1, -0.05) is 61.6 Å². The molecule has 1 atom stereocenters. The van der Waals surface area contributed by atoms with Crippen molar-refractivity contribution in [2.75, 3.05) is 6.61 Å². The minimum absolute atomic E-state index is 0.152. The molecule has 0 heterocycles. The molecule has 0 aliphatic rings. The molecule has 0 saturated heterocycles. The first kappa shape index (κ1) is 16.2. The molecule has 0 saturated carbocycles. The molecule has 1 aromatic carbocycles. The van der Waals surface area contributed by atoms with E-state index in [0.717, 1.165) is 24.0 Å². The standard InChI is InChI=1S/C18H24O2/c1-15(2)11-12-16(3)8-7-13-20-18(19)14-17-9-5-4-6-10-17/h4-6,9-12,16H,1,7-8,13-14H2,2-3H3/b12-11+.